The number of rotatable bonds is 12. The molecule has 2 heteroatoms. The van der Waals surface area contributed by atoms with Gasteiger partial charge in [0.2, 0.25) is 0 Å². The molecule has 0 heterocycles. The highest BCUT2D eigenvalue weighted by atomic mass is 15.1. The average molecular weight is 577 g/mol. The molecule has 5 aromatic carbocycles. The van der Waals surface area contributed by atoms with Crippen LogP contribution in [0.15, 0.2) is 133 Å². The van der Waals surface area contributed by atoms with Crippen LogP contribution in [-0.2, 0) is 0 Å². The van der Waals surface area contributed by atoms with Crippen LogP contribution in [0.1, 0.15) is 61.1 Å². The van der Waals surface area contributed by atoms with Crippen LogP contribution in [-0.4, -0.2) is 26.2 Å². The summed E-state index contributed by atoms with van der Waals surface area (Å²) in [5.41, 5.74) is 12.2. The molecule has 5 aromatic rings. The number of anilines is 2. The van der Waals surface area contributed by atoms with Crippen LogP contribution in [0.25, 0.3) is 23.3 Å². The minimum absolute atomic E-state index is 1.00. The Labute approximate surface area is 264 Å². The Morgan fingerprint density at radius 1 is 0.386 bits per heavy atom. The first-order chi connectivity index (χ1) is 21.6. The topological polar surface area (TPSA) is 6.48 Å². The first-order valence-electron chi connectivity index (χ1n) is 16.0. The first-order valence-corrected chi connectivity index (χ1v) is 16.0. The van der Waals surface area contributed by atoms with Crippen molar-refractivity contribution in [1.29, 1.82) is 0 Å². The molecule has 0 bridgehead atoms. The van der Waals surface area contributed by atoms with E-state index >= 15 is 0 Å². The quantitative estimate of drug-likeness (QED) is 0.136. The zero-order valence-corrected chi connectivity index (χ0v) is 26.6. The van der Waals surface area contributed by atoms with Crippen LogP contribution in [0.3, 0.4) is 0 Å². The normalized spacial score (nSPS) is 10.6. The van der Waals surface area contributed by atoms with Crippen LogP contribution >= 0.6 is 0 Å². The van der Waals surface area contributed by atoms with Crippen LogP contribution in [0.2, 0.25) is 0 Å². The maximum Gasteiger partial charge on any atom is 0.0366 e. The highest BCUT2D eigenvalue weighted by Gasteiger charge is 2.10. The van der Waals surface area contributed by atoms with Gasteiger partial charge in [-0.25, -0.2) is 0 Å². The minimum atomic E-state index is 1.00. The molecule has 0 amide bonds. The molecule has 0 aromatic heterocycles. The summed E-state index contributed by atoms with van der Waals surface area (Å²) >= 11 is 0. The molecule has 0 fully saturated rings. The summed E-state index contributed by atoms with van der Waals surface area (Å²) in [5.74, 6) is 0. The molecule has 2 nitrogen and oxygen atoms in total. The molecule has 0 saturated carbocycles. The molecule has 0 atom stereocenters. The Morgan fingerprint density at radius 3 is 0.977 bits per heavy atom. The van der Waals surface area contributed by atoms with Crippen molar-refractivity contribution < 1.29 is 0 Å². The maximum absolute atomic E-state index is 2.39. The fourth-order valence-corrected chi connectivity index (χ4v) is 5.81. The Morgan fingerprint density at radius 2 is 0.682 bits per heavy atom. The van der Waals surface area contributed by atoms with Gasteiger partial charge in [0, 0.05) is 37.6 Å². The lowest BCUT2D eigenvalue weighted by molar-refractivity contribution is 0.866. The van der Waals surface area contributed by atoms with Gasteiger partial charge in [-0.3, -0.25) is 0 Å². The van der Waals surface area contributed by atoms with E-state index < -0.39 is 0 Å². The highest BCUT2D eigenvalue weighted by molar-refractivity contribution is 5.93. The second-order valence-corrected chi connectivity index (χ2v) is 11.0. The second kappa shape index (κ2) is 15.1. The van der Waals surface area contributed by atoms with Gasteiger partial charge in [0.1, 0.15) is 0 Å². The molecule has 5 rings (SSSR count). The van der Waals surface area contributed by atoms with Gasteiger partial charge in [0.25, 0.3) is 0 Å². The molecule has 0 aliphatic carbocycles. The first kappa shape index (κ1) is 30.6. The standard InChI is InChI=1S/C42H44N2/c1-5-43(6-2)39-27-23-37(24-28-39)42(38-25-29-40(30-26-38)44(7-3)8-4)32-34-21-19-33(20-22-34)31-41(35-15-11-9-12-16-35)36-17-13-10-14-18-36/h9-32H,5-8H2,1-4H3. The van der Waals surface area contributed by atoms with Crippen LogP contribution < -0.4 is 9.80 Å². The molecule has 0 unspecified atom stereocenters. The van der Waals surface area contributed by atoms with Crippen molar-refractivity contribution in [1.82, 2.24) is 0 Å². The fourth-order valence-electron chi connectivity index (χ4n) is 5.81. The summed E-state index contributed by atoms with van der Waals surface area (Å²) in [7, 11) is 0. The smallest absolute Gasteiger partial charge is 0.0366 e. The van der Waals surface area contributed by atoms with E-state index in [0.717, 1.165) is 26.2 Å². The molecular formula is C42H44N2. The van der Waals surface area contributed by atoms with E-state index in [-0.39, 0.29) is 0 Å². The minimum Gasteiger partial charge on any atom is -0.372 e. The lowest BCUT2D eigenvalue weighted by Crippen LogP contribution is -2.21. The summed E-state index contributed by atoms with van der Waals surface area (Å²) in [6, 6.07) is 48.2. The van der Waals surface area contributed by atoms with Crippen molar-refractivity contribution >= 4 is 34.7 Å². The maximum atomic E-state index is 2.39. The Kier molecular flexibility index (Phi) is 10.5. The van der Waals surface area contributed by atoms with Crippen molar-refractivity contribution in [3.05, 3.63) is 167 Å². The predicted molar refractivity (Wildman–Crippen MR) is 193 cm³/mol. The third-order valence-electron chi connectivity index (χ3n) is 8.34. The van der Waals surface area contributed by atoms with Gasteiger partial charge >= 0.3 is 0 Å². The third-order valence-corrected chi connectivity index (χ3v) is 8.34. The summed E-state index contributed by atoms with van der Waals surface area (Å²) < 4.78 is 0. The van der Waals surface area contributed by atoms with E-state index in [0.29, 0.717) is 0 Å². The zero-order valence-electron chi connectivity index (χ0n) is 26.6. The van der Waals surface area contributed by atoms with E-state index in [1.807, 2.05) is 0 Å². The molecule has 0 aliphatic heterocycles. The van der Waals surface area contributed by atoms with E-state index in [2.05, 4.69) is 183 Å². The van der Waals surface area contributed by atoms with Crippen molar-refractivity contribution in [2.24, 2.45) is 0 Å². The van der Waals surface area contributed by atoms with Crippen molar-refractivity contribution in [2.45, 2.75) is 27.7 Å². The molecule has 0 saturated heterocycles. The van der Waals surface area contributed by atoms with Gasteiger partial charge in [-0.2, -0.15) is 0 Å². The van der Waals surface area contributed by atoms with Gasteiger partial charge in [0.15, 0.2) is 0 Å². The van der Waals surface area contributed by atoms with E-state index in [1.54, 1.807) is 0 Å². The Balaban J connectivity index is 1.52. The molecule has 0 aliphatic rings. The zero-order chi connectivity index (χ0) is 30.7. The summed E-state index contributed by atoms with van der Waals surface area (Å²) in [6.07, 6.45) is 4.61. The monoisotopic (exact) mass is 576 g/mol. The number of hydrogen-bond donors (Lipinski definition) is 0. The SMILES string of the molecule is CCN(CC)c1ccc(C(=Cc2ccc(C=C(c3ccccc3)c3ccccc3)cc2)c2ccc(N(CC)CC)cc2)cc1. The molecular weight excluding hydrogens is 532 g/mol. The van der Waals surface area contributed by atoms with Gasteiger partial charge in [-0.05, 0) is 109 Å². The summed E-state index contributed by atoms with van der Waals surface area (Å²) in [6.45, 7) is 12.8. The van der Waals surface area contributed by atoms with Crippen molar-refractivity contribution in [3.8, 4) is 0 Å². The lowest BCUT2D eigenvalue weighted by atomic mass is 9.94. The van der Waals surface area contributed by atoms with Crippen molar-refractivity contribution in [2.75, 3.05) is 36.0 Å². The molecule has 222 valence electrons. The van der Waals surface area contributed by atoms with Crippen molar-refractivity contribution in [3.63, 3.8) is 0 Å². The molecule has 0 spiro atoms. The predicted octanol–water partition coefficient (Wildman–Crippen LogP) is 10.6. The average Bonchev–Trinajstić information content (AvgIpc) is 3.09. The largest absolute Gasteiger partial charge is 0.372 e. The molecule has 0 radical (unpaired) electrons. The van der Waals surface area contributed by atoms with Gasteiger partial charge in [0.05, 0.1) is 0 Å². The second-order valence-electron chi connectivity index (χ2n) is 11.0. The van der Waals surface area contributed by atoms with Crippen LogP contribution in [0.4, 0.5) is 11.4 Å². The Bertz CT molecular complexity index is 1540. The van der Waals surface area contributed by atoms with E-state index in [4.69, 9.17) is 0 Å². The third kappa shape index (κ3) is 7.38. The lowest BCUT2D eigenvalue weighted by Gasteiger charge is -2.22. The van der Waals surface area contributed by atoms with E-state index in [1.165, 1.54) is 55.9 Å². The van der Waals surface area contributed by atoms with Crippen LogP contribution in [0.5, 0.6) is 0 Å². The molecule has 44 heavy (non-hydrogen) atoms. The highest BCUT2D eigenvalue weighted by Crippen LogP contribution is 2.31. The summed E-state index contributed by atoms with van der Waals surface area (Å²) in [5, 5.41) is 0. The van der Waals surface area contributed by atoms with E-state index in [9.17, 15) is 0 Å². The fraction of sp³-hybridized carbons (Fsp3) is 0.190. The molecule has 0 N–H and O–H groups in total. The number of benzene rings is 5. The van der Waals surface area contributed by atoms with Gasteiger partial charge in [-0.1, -0.05) is 109 Å². The van der Waals surface area contributed by atoms with Gasteiger partial charge in [-0.15, -0.1) is 0 Å². The number of nitrogens with zero attached hydrogens (tertiary/aromatic N) is 2. The number of hydrogen-bond acceptors (Lipinski definition) is 2. The van der Waals surface area contributed by atoms with Crippen LogP contribution in [0, 0.1) is 0 Å². The Hall–Kier alpha value is -4.82. The van der Waals surface area contributed by atoms with Gasteiger partial charge < -0.3 is 9.80 Å². The summed E-state index contributed by atoms with van der Waals surface area (Å²) in [4.78, 5) is 4.77.